The molecule has 1 aliphatic heterocycles. The van der Waals surface area contributed by atoms with E-state index in [1.165, 1.54) is 32.1 Å². The molecule has 3 rings (SSSR count). The summed E-state index contributed by atoms with van der Waals surface area (Å²) in [6.45, 7) is 5.36. The summed E-state index contributed by atoms with van der Waals surface area (Å²) in [6.07, 6.45) is 7.37. The van der Waals surface area contributed by atoms with E-state index in [1.54, 1.807) is 0 Å². The first kappa shape index (κ1) is 14.1. The topological polar surface area (TPSA) is 41.1 Å². The molecule has 0 aromatic heterocycles. The van der Waals surface area contributed by atoms with Crippen molar-refractivity contribution in [2.75, 3.05) is 19.6 Å². The summed E-state index contributed by atoms with van der Waals surface area (Å²) < 4.78 is 0. The molecule has 3 aliphatic rings. The minimum Gasteiger partial charge on any atom is -0.355 e. The van der Waals surface area contributed by atoms with Crippen molar-refractivity contribution in [2.24, 2.45) is 16.7 Å². The average molecular weight is 273 g/mol. The van der Waals surface area contributed by atoms with E-state index in [2.05, 4.69) is 17.6 Å². The molecule has 4 heteroatoms. The zero-order valence-corrected chi connectivity index (χ0v) is 12.1. The van der Waals surface area contributed by atoms with Crippen molar-refractivity contribution < 1.29 is 4.79 Å². The largest absolute Gasteiger partial charge is 0.355 e. The highest BCUT2D eigenvalue weighted by molar-refractivity contribution is 5.85. The number of halogens is 1. The maximum absolute atomic E-state index is 12.1. The third-order valence-electron chi connectivity index (χ3n) is 5.45. The first-order valence-electron chi connectivity index (χ1n) is 7.18. The fourth-order valence-corrected chi connectivity index (χ4v) is 3.43. The van der Waals surface area contributed by atoms with Crippen LogP contribution in [0.5, 0.6) is 0 Å². The molecular weight excluding hydrogens is 248 g/mol. The molecular formula is C14H25ClN2O. The first-order chi connectivity index (χ1) is 8.20. The standard InChI is InChI=1S/C14H24N2O.ClH/c1-2-13(3-4-13)10-16-12(17)11-9-14(11)5-7-15-8-6-14;/h11,15H,2-10H2,1H3,(H,16,17);1H. The molecule has 3 fully saturated rings. The number of rotatable bonds is 4. The van der Waals surface area contributed by atoms with Crippen LogP contribution in [0.2, 0.25) is 0 Å². The number of hydrogen-bond acceptors (Lipinski definition) is 2. The van der Waals surface area contributed by atoms with Gasteiger partial charge in [0.05, 0.1) is 0 Å². The smallest absolute Gasteiger partial charge is 0.223 e. The molecule has 2 N–H and O–H groups in total. The SMILES string of the molecule is CCC1(CNC(=O)C2CC23CCNCC3)CC1.Cl. The second-order valence-electron chi connectivity index (χ2n) is 6.44. The van der Waals surface area contributed by atoms with Crippen molar-refractivity contribution in [1.82, 2.24) is 10.6 Å². The van der Waals surface area contributed by atoms with E-state index >= 15 is 0 Å². The van der Waals surface area contributed by atoms with Gasteiger partial charge in [-0.1, -0.05) is 6.92 Å². The van der Waals surface area contributed by atoms with E-state index in [-0.39, 0.29) is 12.4 Å². The molecule has 104 valence electrons. The molecule has 1 heterocycles. The molecule has 2 saturated carbocycles. The second-order valence-corrected chi connectivity index (χ2v) is 6.44. The zero-order valence-electron chi connectivity index (χ0n) is 11.3. The van der Waals surface area contributed by atoms with Crippen LogP contribution in [-0.2, 0) is 4.79 Å². The predicted octanol–water partition coefficient (Wildman–Crippen LogP) is 2.10. The van der Waals surface area contributed by atoms with Gasteiger partial charge in [0.15, 0.2) is 0 Å². The summed E-state index contributed by atoms with van der Waals surface area (Å²) in [7, 11) is 0. The van der Waals surface area contributed by atoms with Gasteiger partial charge in [-0.25, -0.2) is 0 Å². The van der Waals surface area contributed by atoms with Gasteiger partial charge in [-0.05, 0) is 62.4 Å². The summed E-state index contributed by atoms with van der Waals surface area (Å²) in [4.78, 5) is 12.1. The molecule has 3 nitrogen and oxygen atoms in total. The Hall–Kier alpha value is -0.280. The molecule has 1 amide bonds. The maximum atomic E-state index is 12.1. The maximum Gasteiger partial charge on any atom is 0.223 e. The minimum atomic E-state index is 0. The fraction of sp³-hybridized carbons (Fsp3) is 0.929. The Labute approximate surface area is 116 Å². The monoisotopic (exact) mass is 272 g/mol. The highest BCUT2D eigenvalue weighted by atomic mass is 35.5. The fourth-order valence-electron chi connectivity index (χ4n) is 3.43. The van der Waals surface area contributed by atoms with Crippen molar-refractivity contribution in [2.45, 2.75) is 45.4 Å². The molecule has 0 bridgehead atoms. The van der Waals surface area contributed by atoms with Crippen LogP contribution in [0, 0.1) is 16.7 Å². The van der Waals surface area contributed by atoms with Crippen LogP contribution in [0.3, 0.4) is 0 Å². The summed E-state index contributed by atoms with van der Waals surface area (Å²) in [5.74, 6) is 0.670. The van der Waals surface area contributed by atoms with Crippen LogP contribution in [0.15, 0.2) is 0 Å². The molecule has 1 unspecified atom stereocenters. The number of nitrogens with one attached hydrogen (secondary N) is 2. The van der Waals surface area contributed by atoms with Crippen molar-refractivity contribution in [3.05, 3.63) is 0 Å². The minimum absolute atomic E-state index is 0. The predicted molar refractivity (Wildman–Crippen MR) is 74.9 cm³/mol. The Kier molecular flexibility index (Phi) is 3.93. The van der Waals surface area contributed by atoms with E-state index < -0.39 is 0 Å². The van der Waals surface area contributed by atoms with E-state index in [0.29, 0.717) is 22.7 Å². The van der Waals surface area contributed by atoms with E-state index in [0.717, 1.165) is 26.1 Å². The third kappa shape index (κ3) is 2.53. The van der Waals surface area contributed by atoms with Crippen LogP contribution in [0.25, 0.3) is 0 Å². The van der Waals surface area contributed by atoms with Crippen molar-refractivity contribution >= 4 is 18.3 Å². The van der Waals surface area contributed by atoms with Gasteiger partial charge in [0, 0.05) is 12.5 Å². The highest BCUT2D eigenvalue weighted by Crippen LogP contribution is 2.58. The third-order valence-corrected chi connectivity index (χ3v) is 5.45. The Morgan fingerprint density at radius 3 is 2.50 bits per heavy atom. The average Bonchev–Trinajstić information content (AvgIpc) is 3.25. The van der Waals surface area contributed by atoms with Crippen LogP contribution < -0.4 is 10.6 Å². The van der Waals surface area contributed by atoms with Gasteiger partial charge in [0.1, 0.15) is 0 Å². The van der Waals surface area contributed by atoms with Gasteiger partial charge in [0.25, 0.3) is 0 Å². The Morgan fingerprint density at radius 1 is 1.28 bits per heavy atom. The molecule has 2 aliphatic carbocycles. The Bertz CT molecular complexity index is 322. The van der Waals surface area contributed by atoms with Crippen LogP contribution in [-0.4, -0.2) is 25.5 Å². The van der Waals surface area contributed by atoms with Crippen molar-refractivity contribution in [3.8, 4) is 0 Å². The Morgan fingerprint density at radius 2 is 1.94 bits per heavy atom. The van der Waals surface area contributed by atoms with E-state index in [9.17, 15) is 4.79 Å². The van der Waals surface area contributed by atoms with Crippen LogP contribution >= 0.6 is 12.4 Å². The van der Waals surface area contributed by atoms with E-state index in [1.807, 2.05) is 0 Å². The molecule has 0 aromatic rings. The molecule has 0 aromatic carbocycles. The summed E-state index contributed by atoms with van der Waals surface area (Å²) in [5, 5.41) is 6.59. The number of carbonyl (C=O) groups is 1. The first-order valence-corrected chi connectivity index (χ1v) is 7.18. The summed E-state index contributed by atoms with van der Waals surface area (Å²) >= 11 is 0. The molecule has 0 radical (unpaired) electrons. The van der Waals surface area contributed by atoms with Crippen LogP contribution in [0.4, 0.5) is 0 Å². The van der Waals surface area contributed by atoms with Gasteiger partial charge in [-0.2, -0.15) is 0 Å². The van der Waals surface area contributed by atoms with Gasteiger partial charge >= 0.3 is 0 Å². The van der Waals surface area contributed by atoms with Gasteiger partial charge in [-0.15, -0.1) is 12.4 Å². The van der Waals surface area contributed by atoms with Gasteiger partial charge in [-0.3, -0.25) is 4.79 Å². The quantitative estimate of drug-likeness (QED) is 0.823. The summed E-state index contributed by atoms with van der Waals surface area (Å²) in [6, 6.07) is 0. The summed E-state index contributed by atoms with van der Waals surface area (Å²) in [5.41, 5.74) is 0.865. The molecule has 1 saturated heterocycles. The molecule has 1 atom stereocenters. The van der Waals surface area contributed by atoms with Gasteiger partial charge in [0.2, 0.25) is 5.91 Å². The second kappa shape index (κ2) is 5.01. The number of amides is 1. The Balaban J connectivity index is 0.00000120. The van der Waals surface area contributed by atoms with Crippen molar-refractivity contribution in [3.63, 3.8) is 0 Å². The number of hydrogen-bond donors (Lipinski definition) is 2. The van der Waals surface area contributed by atoms with Crippen molar-refractivity contribution in [1.29, 1.82) is 0 Å². The normalized spacial score (nSPS) is 30.4. The number of piperidine rings is 1. The lowest BCUT2D eigenvalue weighted by molar-refractivity contribution is -0.123. The van der Waals surface area contributed by atoms with E-state index in [4.69, 9.17) is 0 Å². The molecule has 18 heavy (non-hydrogen) atoms. The lowest BCUT2D eigenvalue weighted by Gasteiger charge is -2.23. The lowest BCUT2D eigenvalue weighted by Crippen LogP contribution is -2.35. The van der Waals surface area contributed by atoms with Gasteiger partial charge < -0.3 is 10.6 Å². The lowest BCUT2D eigenvalue weighted by atomic mass is 9.91. The van der Waals surface area contributed by atoms with Crippen LogP contribution in [0.1, 0.15) is 45.4 Å². The highest BCUT2D eigenvalue weighted by Gasteiger charge is 2.57. The molecule has 1 spiro atoms. The zero-order chi connectivity index (χ0) is 11.9. The number of carbonyl (C=O) groups excluding carboxylic acids is 1.